The average Bonchev–Trinajstić information content (AvgIpc) is 3.34. The number of imide groups is 1. The van der Waals surface area contributed by atoms with E-state index in [0.29, 0.717) is 33.3 Å². The number of carbonyl (C=O) groups is 2. The lowest BCUT2D eigenvalue weighted by molar-refractivity contribution is -0.123. The SMILES string of the molecule is CC1(c2cccc(-c3noc(-c4ccc(F)c5ccccc45)n3)c2)NC(=O)NC1=O. The molecule has 0 spiro atoms. The average molecular weight is 402 g/mol. The van der Waals surface area contributed by atoms with Crippen LogP contribution in [0.4, 0.5) is 9.18 Å². The van der Waals surface area contributed by atoms with Crippen molar-refractivity contribution >= 4 is 22.7 Å². The van der Waals surface area contributed by atoms with Crippen molar-refractivity contribution in [3.8, 4) is 22.8 Å². The first-order valence-electron chi connectivity index (χ1n) is 9.21. The lowest BCUT2D eigenvalue weighted by Gasteiger charge is -2.21. The number of aromatic nitrogens is 2. The first-order chi connectivity index (χ1) is 14.5. The summed E-state index contributed by atoms with van der Waals surface area (Å²) >= 11 is 0. The molecule has 30 heavy (non-hydrogen) atoms. The molecule has 0 aliphatic carbocycles. The quantitative estimate of drug-likeness (QED) is 0.509. The molecule has 3 aromatic carbocycles. The first kappa shape index (κ1) is 18.0. The van der Waals surface area contributed by atoms with E-state index in [0.717, 1.165) is 0 Å². The van der Waals surface area contributed by atoms with E-state index in [-0.39, 0.29) is 11.7 Å². The van der Waals surface area contributed by atoms with E-state index in [1.165, 1.54) is 6.07 Å². The Morgan fingerprint density at radius 3 is 2.57 bits per heavy atom. The Hall–Kier alpha value is -4.07. The maximum absolute atomic E-state index is 14.1. The minimum Gasteiger partial charge on any atom is -0.334 e. The third-order valence-electron chi connectivity index (χ3n) is 5.27. The summed E-state index contributed by atoms with van der Waals surface area (Å²) in [6.07, 6.45) is 0. The molecule has 8 heteroatoms. The van der Waals surface area contributed by atoms with Crippen LogP contribution in [-0.2, 0) is 10.3 Å². The number of hydrogen-bond donors (Lipinski definition) is 2. The summed E-state index contributed by atoms with van der Waals surface area (Å²) in [5.41, 5.74) is 0.634. The van der Waals surface area contributed by atoms with E-state index >= 15 is 0 Å². The van der Waals surface area contributed by atoms with Crippen molar-refractivity contribution in [2.24, 2.45) is 0 Å². The molecule has 1 saturated heterocycles. The normalized spacial score (nSPS) is 18.5. The number of benzene rings is 3. The first-order valence-corrected chi connectivity index (χ1v) is 9.21. The van der Waals surface area contributed by atoms with Gasteiger partial charge in [-0.2, -0.15) is 4.98 Å². The van der Waals surface area contributed by atoms with Gasteiger partial charge in [0.15, 0.2) is 0 Å². The minimum absolute atomic E-state index is 0.254. The van der Waals surface area contributed by atoms with Crippen molar-refractivity contribution in [3.63, 3.8) is 0 Å². The van der Waals surface area contributed by atoms with Crippen LogP contribution in [0.15, 0.2) is 65.2 Å². The predicted molar refractivity (Wildman–Crippen MR) is 107 cm³/mol. The molecule has 0 radical (unpaired) electrons. The zero-order chi connectivity index (χ0) is 20.9. The predicted octanol–water partition coefficient (Wildman–Crippen LogP) is 3.75. The van der Waals surface area contributed by atoms with E-state index in [1.54, 1.807) is 55.5 Å². The lowest BCUT2D eigenvalue weighted by atomic mass is 9.91. The molecule has 2 N–H and O–H groups in total. The largest absolute Gasteiger partial charge is 0.334 e. The zero-order valence-electron chi connectivity index (χ0n) is 15.8. The topological polar surface area (TPSA) is 97.1 Å². The maximum atomic E-state index is 14.1. The number of urea groups is 1. The highest BCUT2D eigenvalue weighted by Gasteiger charge is 2.43. The number of hydrogen-bond acceptors (Lipinski definition) is 5. The van der Waals surface area contributed by atoms with Crippen molar-refractivity contribution in [2.45, 2.75) is 12.5 Å². The third kappa shape index (κ3) is 2.73. The number of fused-ring (bicyclic) bond motifs is 1. The van der Waals surface area contributed by atoms with Gasteiger partial charge < -0.3 is 9.84 Å². The van der Waals surface area contributed by atoms with Gasteiger partial charge >= 0.3 is 6.03 Å². The zero-order valence-corrected chi connectivity index (χ0v) is 15.8. The summed E-state index contributed by atoms with van der Waals surface area (Å²) in [5.74, 6) is -0.193. The Kier molecular flexibility index (Phi) is 3.89. The molecule has 1 atom stereocenters. The number of nitrogens with one attached hydrogen (secondary N) is 2. The molecule has 1 fully saturated rings. The fourth-order valence-electron chi connectivity index (χ4n) is 3.61. The van der Waals surface area contributed by atoms with Crippen LogP contribution < -0.4 is 10.6 Å². The smallest absolute Gasteiger partial charge is 0.322 e. The summed E-state index contributed by atoms with van der Waals surface area (Å²) < 4.78 is 19.6. The van der Waals surface area contributed by atoms with Crippen LogP contribution >= 0.6 is 0 Å². The number of halogens is 1. The molecule has 0 saturated carbocycles. The molecule has 3 amide bonds. The number of amides is 3. The molecule has 1 unspecified atom stereocenters. The summed E-state index contributed by atoms with van der Waals surface area (Å²) in [5, 5.41) is 10.1. The molecular weight excluding hydrogens is 387 g/mol. The summed E-state index contributed by atoms with van der Waals surface area (Å²) in [6, 6.07) is 16.5. The Bertz CT molecular complexity index is 1330. The molecule has 1 aliphatic heterocycles. The summed E-state index contributed by atoms with van der Waals surface area (Å²) in [4.78, 5) is 28.3. The number of carbonyl (C=O) groups excluding carboxylic acids is 2. The van der Waals surface area contributed by atoms with Gasteiger partial charge in [0.1, 0.15) is 11.4 Å². The van der Waals surface area contributed by atoms with Gasteiger partial charge in [0, 0.05) is 16.5 Å². The van der Waals surface area contributed by atoms with Gasteiger partial charge in [-0.05, 0) is 36.1 Å². The van der Waals surface area contributed by atoms with Crippen LogP contribution in [0, 0.1) is 5.82 Å². The Labute approximate surface area is 169 Å². The van der Waals surface area contributed by atoms with Gasteiger partial charge in [0.05, 0.1) is 0 Å². The molecule has 1 aromatic heterocycles. The van der Waals surface area contributed by atoms with Gasteiger partial charge in [-0.3, -0.25) is 10.1 Å². The number of rotatable bonds is 3. The van der Waals surface area contributed by atoms with Crippen LogP contribution in [-0.4, -0.2) is 22.1 Å². The summed E-state index contributed by atoms with van der Waals surface area (Å²) in [6.45, 7) is 1.62. The highest BCUT2D eigenvalue weighted by molar-refractivity contribution is 6.07. The van der Waals surface area contributed by atoms with Crippen LogP contribution in [0.2, 0.25) is 0 Å². The van der Waals surface area contributed by atoms with E-state index in [4.69, 9.17) is 4.52 Å². The molecule has 148 valence electrons. The van der Waals surface area contributed by atoms with Crippen molar-refractivity contribution < 1.29 is 18.5 Å². The van der Waals surface area contributed by atoms with Crippen LogP contribution in [0.1, 0.15) is 12.5 Å². The monoisotopic (exact) mass is 402 g/mol. The van der Waals surface area contributed by atoms with E-state index in [2.05, 4.69) is 20.8 Å². The van der Waals surface area contributed by atoms with Gasteiger partial charge in [0.2, 0.25) is 5.82 Å². The maximum Gasteiger partial charge on any atom is 0.322 e. The highest BCUT2D eigenvalue weighted by atomic mass is 19.1. The standard InChI is InChI=1S/C22H15FN4O3/c1-22(20(28)25-21(29)26-22)13-6-4-5-12(11-13)18-24-19(30-27-18)16-9-10-17(23)15-8-3-2-7-14(15)16/h2-11H,1H3,(H2,25,26,28,29). The van der Waals surface area contributed by atoms with Crippen molar-refractivity contribution in [1.82, 2.24) is 20.8 Å². The van der Waals surface area contributed by atoms with E-state index in [1.807, 2.05) is 6.07 Å². The van der Waals surface area contributed by atoms with Crippen molar-refractivity contribution in [1.29, 1.82) is 0 Å². The minimum atomic E-state index is -1.19. The summed E-state index contributed by atoms with van der Waals surface area (Å²) in [7, 11) is 0. The molecule has 5 rings (SSSR count). The number of nitrogens with zero attached hydrogens (tertiary/aromatic N) is 2. The molecule has 0 bridgehead atoms. The van der Waals surface area contributed by atoms with Crippen LogP contribution in [0.5, 0.6) is 0 Å². The van der Waals surface area contributed by atoms with E-state index in [9.17, 15) is 14.0 Å². The molecule has 2 heterocycles. The van der Waals surface area contributed by atoms with Gasteiger partial charge in [-0.1, -0.05) is 47.6 Å². The second kappa shape index (κ2) is 6.48. The second-order valence-corrected chi connectivity index (χ2v) is 7.18. The van der Waals surface area contributed by atoms with Gasteiger partial charge in [-0.25, -0.2) is 9.18 Å². The van der Waals surface area contributed by atoms with Gasteiger partial charge in [-0.15, -0.1) is 0 Å². The highest BCUT2D eigenvalue weighted by Crippen LogP contribution is 2.32. The fourth-order valence-corrected chi connectivity index (χ4v) is 3.61. The molecule has 7 nitrogen and oxygen atoms in total. The Balaban J connectivity index is 1.56. The van der Waals surface area contributed by atoms with Gasteiger partial charge in [0.25, 0.3) is 11.8 Å². The molecule has 4 aromatic rings. The van der Waals surface area contributed by atoms with Crippen molar-refractivity contribution in [3.05, 3.63) is 72.0 Å². The van der Waals surface area contributed by atoms with Crippen molar-refractivity contribution in [2.75, 3.05) is 0 Å². The van der Waals surface area contributed by atoms with E-state index < -0.39 is 17.5 Å². The van der Waals surface area contributed by atoms with Crippen LogP contribution in [0.25, 0.3) is 33.6 Å². The Morgan fingerprint density at radius 2 is 1.80 bits per heavy atom. The third-order valence-corrected chi connectivity index (χ3v) is 5.27. The second-order valence-electron chi connectivity index (χ2n) is 7.18. The lowest BCUT2D eigenvalue weighted by Crippen LogP contribution is -2.40. The molecular formula is C22H15FN4O3. The van der Waals surface area contributed by atoms with Crippen LogP contribution in [0.3, 0.4) is 0 Å². The fraction of sp³-hybridized carbons (Fsp3) is 0.0909. The molecule has 1 aliphatic rings. The Morgan fingerprint density at radius 1 is 1.00 bits per heavy atom.